The number of benzene rings is 3. The Morgan fingerprint density at radius 2 is 1.42 bits per heavy atom. The predicted octanol–water partition coefficient (Wildman–Crippen LogP) is 4.98. The Morgan fingerprint density at radius 1 is 0.788 bits per heavy atom. The molecule has 0 aliphatic carbocycles. The summed E-state index contributed by atoms with van der Waals surface area (Å²) in [6.07, 6.45) is 0. The molecule has 0 radical (unpaired) electrons. The second-order valence-corrected chi connectivity index (χ2v) is 7.53. The number of carbonyl (C=O) groups excluding carboxylic acids is 2. The van der Waals surface area contributed by atoms with Crippen molar-refractivity contribution in [2.24, 2.45) is 0 Å². The molecule has 3 N–H and O–H groups in total. The van der Waals surface area contributed by atoms with E-state index in [1.54, 1.807) is 6.07 Å². The van der Waals surface area contributed by atoms with E-state index < -0.39 is 0 Å². The van der Waals surface area contributed by atoms with Gasteiger partial charge in [0.05, 0.1) is 6.61 Å². The van der Waals surface area contributed by atoms with Crippen LogP contribution in [-0.4, -0.2) is 25.0 Å². The van der Waals surface area contributed by atoms with Gasteiger partial charge in [-0.2, -0.15) is 0 Å². The van der Waals surface area contributed by atoms with Crippen LogP contribution in [-0.2, 0) is 16.1 Å². The summed E-state index contributed by atoms with van der Waals surface area (Å²) in [5.41, 5.74) is 4.53. The highest BCUT2D eigenvalue weighted by Crippen LogP contribution is 2.29. The normalized spacial score (nSPS) is 10.3. The van der Waals surface area contributed by atoms with Gasteiger partial charge in [0.25, 0.3) is 5.91 Å². The maximum absolute atomic E-state index is 12.2. The number of rotatable bonds is 10. The van der Waals surface area contributed by atoms with Crippen LogP contribution in [0.1, 0.15) is 25.0 Å². The highest BCUT2D eigenvalue weighted by Gasteiger charge is 2.10. The van der Waals surface area contributed by atoms with Crippen molar-refractivity contribution in [1.82, 2.24) is 0 Å². The van der Waals surface area contributed by atoms with Crippen LogP contribution >= 0.6 is 0 Å². The van der Waals surface area contributed by atoms with E-state index in [1.807, 2.05) is 74.5 Å². The van der Waals surface area contributed by atoms with Crippen molar-refractivity contribution in [2.45, 2.75) is 27.3 Å². The molecule has 0 saturated carbocycles. The van der Waals surface area contributed by atoms with Crippen LogP contribution < -0.4 is 25.4 Å². The number of hydrogen-bond acceptors (Lipinski definition) is 5. The van der Waals surface area contributed by atoms with Crippen molar-refractivity contribution in [1.29, 1.82) is 0 Å². The maximum Gasteiger partial charge on any atom is 0.262 e. The summed E-state index contributed by atoms with van der Waals surface area (Å²) in [5, 5.41) is 8.90. The lowest BCUT2D eigenvalue weighted by Crippen LogP contribution is -2.20. The van der Waals surface area contributed by atoms with Gasteiger partial charge in [-0.05, 0) is 67.9 Å². The average molecular weight is 448 g/mol. The van der Waals surface area contributed by atoms with Gasteiger partial charge in [0.1, 0.15) is 0 Å². The molecular weight excluding hydrogens is 418 g/mol. The molecule has 0 saturated heterocycles. The average Bonchev–Trinajstić information content (AvgIpc) is 2.79. The Bertz CT molecular complexity index is 1080. The van der Waals surface area contributed by atoms with Gasteiger partial charge in [0.15, 0.2) is 18.1 Å². The molecule has 0 heterocycles. The van der Waals surface area contributed by atoms with Gasteiger partial charge in [-0.25, -0.2) is 0 Å². The molecule has 33 heavy (non-hydrogen) atoms. The Kier molecular flexibility index (Phi) is 8.30. The first-order chi connectivity index (χ1) is 15.9. The molecule has 7 heteroatoms. The van der Waals surface area contributed by atoms with E-state index in [2.05, 4.69) is 16.0 Å². The molecule has 3 aromatic carbocycles. The number of anilines is 3. The fraction of sp³-hybridized carbons (Fsp3) is 0.231. The molecule has 0 aliphatic rings. The number of hydrogen-bond donors (Lipinski definition) is 3. The lowest BCUT2D eigenvalue weighted by molar-refractivity contribution is -0.118. The number of ether oxygens (including phenoxy) is 2. The number of aryl methyl sites for hydroxylation is 1. The first-order valence-electron chi connectivity index (χ1n) is 10.8. The zero-order valence-corrected chi connectivity index (χ0v) is 19.1. The van der Waals surface area contributed by atoms with E-state index >= 15 is 0 Å². The van der Waals surface area contributed by atoms with Gasteiger partial charge in [-0.3, -0.25) is 9.59 Å². The highest BCUT2D eigenvalue weighted by atomic mass is 16.5. The zero-order chi connectivity index (χ0) is 23.6. The molecule has 0 bridgehead atoms. The molecule has 7 nitrogen and oxygen atoms in total. The first-order valence-corrected chi connectivity index (χ1v) is 10.8. The summed E-state index contributed by atoms with van der Waals surface area (Å²) >= 11 is 0. The molecule has 0 aromatic heterocycles. The van der Waals surface area contributed by atoms with Gasteiger partial charge >= 0.3 is 0 Å². The molecule has 3 rings (SSSR count). The molecule has 172 valence electrons. The zero-order valence-electron chi connectivity index (χ0n) is 19.1. The van der Waals surface area contributed by atoms with E-state index in [9.17, 15) is 9.59 Å². The lowest BCUT2D eigenvalue weighted by atomic mass is 10.2. The van der Waals surface area contributed by atoms with Crippen molar-refractivity contribution in [3.05, 3.63) is 77.9 Å². The van der Waals surface area contributed by atoms with E-state index in [0.29, 0.717) is 24.7 Å². The highest BCUT2D eigenvalue weighted by molar-refractivity contribution is 5.92. The van der Waals surface area contributed by atoms with Crippen molar-refractivity contribution in [3.8, 4) is 11.5 Å². The SMILES string of the molecule is CCOc1cc(CNc2ccc(NC(C)=O)cc2)ccc1OCC(=O)Nc1ccc(C)cc1. The molecule has 0 unspecified atom stereocenters. The van der Waals surface area contributed by atoms with E-state index in [0.717, 1.165) is 28.2 Å². The minimum absolute atomic E-state index is 0.103. The monoisotopic (exact) mass is 447 g/mol. The molecule has 0 aliphatic heterocycles. The third-order valence-corrected chi connectivity index (χ3v) is 4.70. The van der Waals surface area contributed by atoms with Crippen LogP contribution in [0, 0.1) is 6.92 Å². The molecule has 0 fully saturated rings. The Labute approximate surface area is 194 Å². The first kappa shape index (κ1) is 23.7. The molecule has 3 aromatic rings. The van der Waals surface area contributed by atoms with Crippen LogP contribution in [0.15, 0.2) is 66.7 Å². The largest absolute Gasteiger partial charge is 0.490 e. The number of amides is 2. The molecular formula is C26H29N3O4. The summed E-state index contributed by atoms with van der Waals surface area (Å²) in [5.74, 6) is 0.754. The summed E-state index contributed by atoms with van der Waals surface area (Å²) < 4.78 is 11.4. The van der Waals surface area contributed by atoms with Crippen molar-refractivity contribution >= 4 is 28.9 Å². The second kappa shape index (κ2) is 11.6. The predicted molar refractivity (Wildman–Crippen MR) is 131 cm³/mol. The van der Waals surface area contributed by atoms with Crippen molar-refractivity contribution < 1.29 is 19.1 Å². The summed E-state index contributed by atoms with van der Waals surface area (Å²) in [4.78, 5) is 23.4. The van der Waals surface area contributed by atoms with E-state index in [1.165, 1.54) is 6.92 Å². The van der Waals surface area contributed by atoms with Crippen LogP contribution in [0.2, 0.25) is 0 Å². The summed E-state index contributed by atoms with van der Waals surface area (Å²) in [6.45, 7) is 6.31. The van der Waals surface area contributed by atoms with Gasteiger partial charge in [0, 0.05) is 30.5 Å². The number of carbonyl (C=O) groups is 2. The van der Waals surface area contributed by atoms with Crippen LogP contribution in [0.5, 0.6) is 11.5 Å². The minimum atomic E-state index is -0.241. The summed E-state index contributed by atoms with van der Waals surface area (Å²) in [7, 11) is 0. The minimum Gasteiger partial charge on any atom is -0.490 e. The molecule has 2 amide bonds. The van der Waals surface area contributed by atoms with Gasteiger partial charge in [-0.15, -0.1) is 0 Å². The fourth-order valence-corrected chi connectivity index (χ4v) is 3.11. The molecule has 0 atom stereocenters. The summed E-state index contributed by atoms with van der Waals surface area (Å²) in [6, 6.07) is 20.7. The van der Waals surface area contributed by atoms with Crippen molar-refractivity contribution in [3.63, 3.8) is 0 Å². The van der Waals surface area contributed by atoms with E-state index in [-0.39, 0.29) is 18.4 Å². The Morgan fingerprint density at radius 3 is 2.09 bits per heavy atom. The topological polar surface area (TPSA) is 88.7 Å². The fourth-order valence-electron chi connectivity index (χ4n) is 3.11. The standard InChI is InChI=1S/C26H29N3O4/c1-4-32-25-15-20(16-27-21-10-12-22(13-11-21)28-19(3)30)7-14-24(25)33-17-26(31)29-23-8-5-18(2)6-9-23/h5-15,27H,4,16-17H2,1-3H3,(H,28,30)(H,29,31). The Hall–Kier alpha value is -4.00. The van der Waals surface area contributed by atoms with Gasteiger partial charge in [-0.1, -0.05) is 23.8 Å². The smallest absolute Gasteiger partial charge is 0.262 e. The van der Waals surface area contributed by atoms with Crippen LogP contribution in [0.3, 0.4) is 0 Å². The molecule has 0 spiro atoms. The lowest BCUT2D eigenvalue weighted by Gasteiger charge is -2.14. The quantitative estimate of drug-likeness (QED) is 0.408. The van der Waals surface area contributed by atoms with Crippen molar-refractivity contribution in [2.75, 3.05) is 29.2 Å². The van der Waals surface area contributed by atoms with E-state index in [4.69, 9.17) is 9.47 Å². The third kappa shape index (κ3) is 7.57. The van der Waals surface area contributed by atoms with Crippen LogP contribution in [0.4, 0.5) is 17.1 Å². The van der Waals surface area contributed by atoms with Crippen LogP contribution in [0.25, 0.3) is 0 Å². The van der Waals surface area contributed by atoms with Gasteiger partial charge < -0.3 is 25.4 Å². The Balaban J connectivity index is 1.57. The van der Waals surface area contributed by atoms with Gasteiger partial charge in [0.2, 0.25) is 5.91 Å². The maximum atomic E-state index is 12.2. The number of nitrogens with one attached hydrogen (secondary N) is 3. The second-order valence-electron chi connectivity index (χ2n) is 7.53. The third-order valence-electron chi connectivity index (χ3n) is 4.70.